The number of non-ortho nitro benzene ring substituents is 1. The van der Waals surface area contributed by atoms with Crippen LogP contribution in [0.15, 0.2) is 53.5 Å². The lowest BCUT2D eigenvalue weighted by Crippen LogP contribution is -1.99. The van der Waals surface area contributed by atoms with Gasteiger partial charge in [0.1, 0.15) is 11.4 Å². The second-order valence-corrected chi connectivity index (χ2v) is 6.55. The Labute approximate surface area is 164 Å². The maximum Gasteiger partial charge on any atom is 0.271 e. The second kappa shape index (κ2) is 8.08. The first kappa shape index (κ1) is 19.4. The summed E-state index contributed by atoms with van der Waals surface area (Å²) in [5.74, 6) is 0.491. The molecule has 0 aliphatic heterocycles. The van der Waals surface area contributed by atoms with Crippen LogP contribution in [-0.4, -0.2) is 22.8 Å². The van der Waals surface area contributed by atoms with Crippen LogP contribution in [-0.2, 0) is 6.42 Å². The molecule has 1 heterocycles. The lowest BCUT2D eigenvalue weighted by Gasteiger charge is -2.10. The van der Waals surface area contributed by atoms with E-state index in [-0.39, 0.29) is 5.69 Å². The van der Waals surface area contributed by atoms with Gasteiger partial charge in [-0.15, -0.1) is 0 Å². The molecule has 0 saturated heterocycles. The van der Waals surface area contributed by atoms with Crippen LogP contribution in [0.2, 0.25) is 0 Å². The van der Waals surface area contributed by atoms with E-state index in [0.29, 0.717) is 11.4 Å². The maximum atomic E-state index is 11.0. The lowest BCUT2D eigenvalue weighted by molar-refractivity contribution is -0.384. The normalized spacial score (nSPS) is 11.1. The van der Waals surface area contributed by atoms with Crippen molar-refractivity contribution in [3.05, 3.63) is 81.2 Å². The highest BCUT2D eigenvalue weighted by Gasteiger charge is 2.12. The molecule has 6 nitrogen and oxygen atoms in total. The molecule has 0 saturated carbocycles. The van der Waals surface area contributed by atoms with E-state index < -0.39 is 4.92 Å². The first-order chi connectivity index (χ1) is 13.4. The average Bonchev–Trinajstić information content (AvgIpc) is 2.99. The minimum Gasteiger partial charge on any atom is -0.494 e. The Bertz CT molecular complexity index is 1030. The van der Waals surface area contributed by atoms with E-state index in [2.05, 4.69) is 46.8 Å². The molecule has 6 heteroatoms. The first-order valence-electron chi connectivity index (χ1n) is 9.09. The van der Waals surface area contributed by atoms with Gasteiger partial charge < -0.3 is 9.30 Å². The minimum atomic E-state index is -0.440. The fraction of sp³-hybridized carbons (Fsp3) is 0.227. The van der Waals surface area contributed by atoms with E-state index in [1.807, 2.05) is 13.8 Å². The SMILES string of the molecule is CCc1ccc(-n2c(C)cc(C=Nc3cc([N+](=O)[O-])ccc3OC)c2C)cc1. The zero-order chi connectivity index (χ0) is 20.3. The molecule has 2 aromatic carbocycles. The van der Waals surface area contributed by atoms with Crippen molar-refractivity contribution in [3.63, 3.8) is 0 Å². The van der Waals surface area contributed by atoms with Crippen molar-refractivity contribution in [1.82, 2.24) is 4.57 Å². The lowest BCUT2D eigenvalue weighted by atomic mass is 10.1. The van der Waals surface area contributed by atoms with E-state index in [0.717, 1.165) is 29.1 Å². The van der Waals surface area contributed by atoms with E-state index in [4.69, 9.17) is 4.74 Å². The number of aliphatic imine (C=N–C) groups is 1. The first-order valence-corrected chi connectivity index (χ1v) is 9.09. The summed E-state index contributed by atoms with van der Waals surface area (Å²) >= 11 is 0. The summed E-state index contributed by atoms with van der Waals surface area (Å²) in [6.45, 7) is 6.22. The van der Waals surface area contributed by atoms with Crippen LogP contribution in [0.25, 0.3) is 5.69 Å². The Morgan fingerprint density at radius 3 is 2.46 bits per heavy atom. The van der Waals surface area contributed by atoms with Crippen molar-refractivity contribution < 1.29 is 9.66 Å². The molecule has 3 rings (SSSR count). The molecule has 28 heavy (non-hydrogen) atoms. The van der Waals surface area contributed by atoms with Gasteiger partial charge in [0.2, 0.25) is 0 Å². The third-order valence-corrected chi connectivity index (χ3v) is 4.79. The van der Waals surface area contributed by atoms with Gasteiger partial charge in [-0.25, -0.2) is 0 Å². The standard InChI is InChI=1S/C22H23N3O3/c1-5-17-6-8-19(9-7-17)24-15(2)12-18(16(24)3)14-23-21-13-20(25(26)27)10-11-22(21)28-4/h6-14H,5H2,1-4H3. The van der Waals surface area contributed by atoms with Crippen LogP contribution < -0.4 is 4.74 Å². The monoisotopic (exact) mass is 377 g/mol. The Morgan fingerprint density at radius 2 is 1.86 bits per heavy atom. The second-order valence-electron chi connectivity index (χ2n) is 6.55. The number of hydrogen-bond acceptors (Lipinski definition) is 4. The van der Waals surface area contributed by atoms with Gasteiger partial charge in [0, 0.05) is 41.0 Å². The summed E-state index contributed by atoms with van der Waals surface area (Å²) in [5.41, 5.74) is 5.89. The van der Waals surface area contributed by atoms with Gasteiger partial charge in [-0.05, 0) is 50.1 Å². The number of aryl methyl sites for hydroxylation is 2. The molecule has 0 bridgehead atoms. The predicted molar refractivity (Wildman–Crippen MR) is 112 cm³/mol. The van der Waals surface area contributed by atoms with Gasteiger partial charge in [-0.2, -0.15) is 0 Å². The molecule has 0 aliphatic carbocycles. The van der Waals surface area contributed by atoms with E-state index in [9.17, 15) is 10.1 Å². The van der Waals surface area contributed by atoms with Gasteiger partial charge >= 0.3 is 0 Å². The Hall–Kier alpha value is -3.41. The minimum absolute atomic E-state index is 0.0190. The third kappa shape index (κ3) is 3.81. The van der Waals surface area contributed by atoms with E-state index in [1.54, 1.807) is 12.3 Å². The van der Waals surface area contributed by atoms with E-state index in [1.165, 1.54) is 24.8 Å². The van der Waals surface area contributed by atoms with Crippen LogP contribution in [0.1, 0.15) is 29.4 Å². The van der Waals surface area contributed by atoms with Crippen LogP contribution in [0, 0.1) is 24.0 Å². The molecule has 0 spiro atoms. The molecule has 0 atom stereocenters. The van der Waals surface area contributed by atoms with Crippen molar-refractivity contribution in [3.8, 4) is 11.4 Å². The smallest absolute Gasteiger partial charge is 0.271 e. The number of benzene rings is 2. The molecule has 1 aromatic heterocycles. The van der Waals surface area contributed by atoms with Gasteiger partial charge in [-0.3, -0.25) is 15.1 Å². The molecule has 0 radical (unpaired) electrons. The highest BCUT2D eigenvalue weighted by atomic mass is 16.6. The Balaban J connectivity index is 1.97. The quantitative estimate of drug-likeness (QED) is 0.331. The summed E-state index contributed by atoms with van der Waals surface area (Å²) in [7, 11) is 1.52. The molecule has 0 unspecified atom stereocenters. The molecule has 3 aromatic rings. The molecule has 0 amide bonds. The average molecular weight is 377 g/mol. The summed E-state index contributed by atoms with van der Waals surface area (Å²) < 4.78 is 7.45. The molecule has 0 fully saturated rings. The van der Waals surface area contributed by atoms with Crippen LogP contribution >= 0.6 is 0 Å². The molecule has 0 N–H and O–H groups in total. The number of nitrogens with zero attached hydrogens (tertiary/aromatic N) is 3. The maximum absolute atomic E-state index is 11.0. The molecular weight excluding hydrogens is 354 g/mol. The number of methoxy groups -OCH3 is 1. The van der Waals surface area contributed by atoms with Crippen molar-refractivity contribution in [2.75, 3.05) is 7.11 Å². The topological polar surface area (TPSA) is 69.7 Å². The summed E-state index contributed by atoms with van der Waals surface area (Å²) in [4.78, 5) is 15.1. The molecule has 0 aliphatic rings. The Kier molecular flexibility index (Phi) is 5.59. The largest absolute Gasteiger partial charge is 0.494 e. The fourth-order valence-electron chi connectivity index (χ4n) is 3.23. The van der Waals surface area contributed by atoms with Crippen LogP contribution in [0.3, 0.4) is 0 Å². The summed E-state index contributed by atoms with van der Waals surface area (Å²) in [6, 6.07) is 14.9. The van der Waals surface area contributed by atoms with Gasteiger partial charge in [0.25, 0.3) is 5.69 Å². The van der Waals surface area contributed by atoms with Crippen LogP contribution in [0.4, 0.5) is 11.4 Å². The number of hydrogen-bond donors (Lipinski definition) is 0. The van der Waals surface area contributed by atoms with Gasteiger partial charge in [0.15, 0.2) is 0 Å². The zero-order valence-corrected chi connectivity index (χ0v) is 16.5. The Morgan fingerprint density at radius 1 is 1.14 bits per heavy atom. The molecule has 144 valence electrons. The summed E-state index contributed by atoms with van der Waals surface area (Å²) in [5, 5.41) is 11.0. The van der Waals surface area contributed by atoms with Gasteiger partial charge in [-0.1, -0.05) is 19.1 Å². The fourth-order valence-corrected chi connectivity index (χ4v) is 3.23. The number of rotatable bonds is 6. The zero-order valence-electron chi connectivity index (χ0n) is 16.5. The van der Waals surface area contributed by atoms with Gasteiger partial charge in [0.05, 0.1) is 12.0 Å². The number of aromatic nitrogens is 1. The van der Waals surface area contributed by atoms with Crippen molar-refractivity contribution in [2.45, 2.75) is 27.2 Å². The highest BCUT2D eigenvalue weighted by molar-refractivity contribution is 5.85. The third-order valence-electron chi connectivity index (χ3n) is 4.79. The molecular formula is C22H23N3O3. The predicted octanol–water partition coefficient (Wildman–Crippen LogP) is 5.32. The van der Waals surface area contributed by atoms with Crippen molar-refractivity contribution in [1.29, 1.82) is 0 Å². The highest BCUT2D eigenvalue weighted by Crippen LogP contribution is 2.31. The number of nitro benzene ring substituents is 1. The summed E-state index contributed by atoms with van der Waals surface area (Å²) in [6.07, 6.45) is 2.73. The van der Waals surface area contributed by atoms with E-state index >= 15 is 0 Å². The number of ether oxygens (including phenoxy) is 1. The number of nitro groups is 1. The van der Waals surface area contributed by atoms with Crippen LogP contribution in [0.5, 0.6) is 5.75 Å². The van der Waals surface area contributed by atoms with Crippen molar-refractivity contribution in [2.24, 2.45) is 4.99 Å². The van der Waals surface area contributed by atoms with Crippen molar-refractivity contribution >= 4 is 17.6 Å².